The molecule has 2 aromatic rings. The number of aryl methyl sites for hydroxylation is 2. The molecule has 0 unspecified atom stereocenters. The zero-order valence-electron chi connectivity index (χ0n) is 13.6. The standard InChI is InChI=1S/C16H24N6/c1-13-8-16(18-11-17-13)21(3)15-4-6-22(7-5-15)10-14-9-20(2)12-19-14/h8-9,11-12,15H,4-7,10H2,1-3H3. The van der Waals surface area contributed by atoms with Gasteiger partial charge in [-0.05, 0) is 19.8 Å². The van der Waals surface area contributed by atoms with Crippen molar-refractivity contribution in [3.8, 4) is 0 Å². The Balaban J connectivity index is 1.55. The topological polar surface area (TPSA) is 50.1 Å². The maximum Gasteiger partial charge on any atom is 0.132 e. The Hall–Kier alpha value is -1.95. The van der Waals surface area contributed by atoms with Gasteiger partial charge in [-0.3, -0.25) is 4.90 Å². The van der Waals surface area contributed by atoms with Crippen LogP contribution < -0.4 is 4.90 Å². The fourth-order valence-electron chi connectivity index (χ4n) is 3.06. The summed E-state index contributed by atoms with van der Waals surface area (Å²) in [7, 11) is 4.16. The molecule has 1 saturated heterocycles. The Kier molecular flexibility index (Phi) is 4.38. The van der Waals surface area contributed by atoms with Crippen LogP contribution >= 0.6 is 0 Å². The van der Waals surface area contributed by atoms with Crippen LogP contribution in [0.1, 0.15) is 24.2 Å². The van der Waals surface area contributed by atoms with Gasteiger partial charge < -0.3 is 9.47 Å². The van der Waals surface area contributed by atoms with E-state index < -0.39 is 0 Å². The molecule has 0 bridgehead atoms. The van der Waals surface area contributed by atoms with Crippen LogP contribution in [0.15, 0.2) is 24.9 Å². The largest absolute Gasteiger partial charge is 0.356 e. The van der Waals surface area contributed by atoms with Gasteiger partial charge in [0.2, 0.25) is 0 Å². The summed E-state index contributed by atoms with van der Waals surface area (Å²) in [4.78, 5) is 17.8. The molecule has 1 aliphatic heterocycles. The van der Waals surface area contributed by atoms with E-state index in [4.69, 9.17) is 0 Å². The minimum atomic E-state index is 0.550. The van der Waals surface area contributed by atoms with Gasteiger partial charge in [0, 0.05) is 57.7 Å². The van der Waals surface area contributed by atoms with Crippen LogP contribution in [0.5, 0.6) is 0 Å². The molecule has 22 heavy (non-hydrogen) atoms. The molecular weight excluding hydrogens is 276 g/mol. The summed E-state index contributed by atoms with van der Waals surface area (Å²) in [6.07, 6.45) is 7.94. The minimum absolute atomic E-state index is 0.550. The van der Waals surface area contributed by atoms with Crippen LogP contribution in [0.3, 0.4) is 0 Å². The summed E-state index contributed by atoms with van der Waals surface area (Å²) >= 11 is 0. The van der Waals surface area contributed by atoms with Crippen molar-refractivity contribution >= 4 is 5.82 Å². The summed E-state index contributed by atoms with van der Waals surface area (Å²) in [6, 6.07) is 2.61. The van der Waals surface area contributed by atoms with E-state index in [1.54, 1.807) is 6.33 Å². The molecule has 1 fully saturated rings. The number of piperidine rings is 1. The van der Waals surface area contributed by atoms with Crippen LogP contribution in [0.2, 0.25) is 0 Å². The van der Waals surface area contributed by atoms with Crippen molar-refractivity contribution in [2.75, 3.05) is 25.0 Å². The van der Waals surface area contributed by atoms with E-state index in [2.05, 4.69) is 44.1 Å². The first kappa shape index (κ1) is 15.0. The van der Waals surface area contributed by atoms with Gasteiger partial charge in [-0.15, -0.1) is 0 Å². The van der Waals surface area contributed by atoms with Gasteiger partial charge >= 0.3 is 0 Å². The number of nitrogens with zero attached hydrogens (tertiary/aromatic N) is 6. The summed E-state index contributed by atoms with van der Waals surface area (Å²) in [5.41, 5.74) is 2.17. The lowest BCUT2D eigenvalue weighted by Crippen LogP contribution is -2.43. The summed E-state index contributed by atoms with van der Waals surface area (Å²) in [6.45, 7) is 5.17. The number of hydrogen-bond acceptors (Lipinski definition) is 5. The lowest BCUT2D eigenvalue weighted by molar-refractivity contribution is 0.201. The Morgan fingerprint density at radius 2 is 2.00 bits per heavy atom. The van der Waals surface area contributed by atoms with Gasteiger partial charge in [-0.1, -0.05) is 0 Å². The molecule has 0 radical (unpaired) electrons. The van der Waals surface area contributed by atoms with Gasteiger partial charge in [0.15, 0.2) is 0 Å². The number of imidazole rings is 1. The van der Waals surface area contributed by atoms with Crippen LogP contribution in [0, 0.1) is 6.92 Å². The van der Waals surface area contributed by atoms with Crippen molar-refractivity contribution in [1.29, 1.82) is 0 Å². The number of aromatic nitrogens is 4. The molecule has 0 saturated carbocycles. The van der Waals surface area contributed by atoms with Gasteiger partial charge in [-0.25, -0.2) is 15.0 Å². The second kappa shape index (κ2) is 6.44. The van der Waals surface area contributed by atoms with Crippen LogP contribution in [0.25, 0.3) is 0 Å². The Labute approximate surface area is 131 Å². The molecule has 1 aliphatic rings. The number of likely N-dealkylation sites (tertiary alicyclic amines) is 1. The van der Waals surface area contributed by atoms with Crippen molar-refractivity contribution < 1.29 is 0 Å². The number of hydrogen-bond donors (Lipinski definition) is 0. The van der Waals surface area contributed by atoms with Crippen LogP contribution in [-0.2, 0) is 13.6 Å². The zero-order chi connectivity index (χ0) is 15.5. The molecule has 6 nitrogen and oxygen atoms in total. The number of anilines is 1. The van der Waals surface area contributed by atoms with Crippen molar-refractivity contribution in [2.45, 2.75) is 32.4 Å². The maximum absolute atomic E-state index is 4.42. The monoisotopic (exact) mass is 300 g/mol. The average Bonchev–Trinajstić information content (AvgIpc) is 2.92. The highest BCUT2D eigenvalue weighted by molar-refractivity contribution is 5.39. The Morgan fingerprint density at radius 3 is 2.64 bits per heavy atom. The molecule has 0 aromatic carbocycles. The molecule has 6 heteroatoms. The predicted molar refractivity (Wildman–Crippen MR) is 86.7 cm³/mol. The fourth-order valence-corrected chi connectivity index (χ4v) is 3.06. The number of rotatable bonds is 4. The third-order valence-electron chi connectivity index (χ3n) is 4.40. The predicted octanol–water partition coefficient (Wildman–Crippen LogP) is 1.62. The van der Waals surface area contributed by atoms with Crippen molar-refractivity contribution in [2.24, 2.45) is 7.05 Å². The van der Waals surface area contributed by atoms with E-state index in [9.17, 15) is 0 Å². The van der Waals surface area contributed by atoms with Crippen molar-refractivity contribution in [1.82, 2.24) is 24.4 Å². The highest BCUT2D eigenvalue weighted by Gasteiger charge is 2.23. The molecule has 0 spiro atoms. The second-order valence-corrected chi connectivity index (χ2v) is 6.17. The van der Waals surface area contributed by atoms with Gasteiger partial charge in [0.25, 0.3) is 0 Å². The molecule has 118 valence electrons. The lowest BCUT2D eigenvalue weighted by Gasteiger charge is -2.37. The van der Waals surface area contributed by atoms with E-state index in [1.807, 2.05) is 24.9 Å². The maximum atomic E-state index is 4.42. The SMILES string of the molecule is Cc1cc(N(C)C2CCN(Cc3cn(C)cn3)CC2)ncn1. The van der Waals surface area contributed by atoms with E-state index >= 15 is 0 Å². The third-order valence-corrected chi connectivity index (χ3v) is 4.40. The van der Waals surface area contributed by atoms with E-state index in [1.165, 1.54) is 0 Å². The second-order valence-electron chi connectivity index (χ2n) is 6.17. The van der Waals surface area contributed by atoms with E-state index in [0.717, 1.165) is 49.7 Å². The molecule has 0 atom stereocenters. The average molecular weight is 300 g/mol. The molecule has 3 heterocycles. The molecule has 0 N–H and O–H groups in total. The van der Waals surface area contributed by atoms with E-state index in [0.29, 0.717) is 6.04 Å². The molecular formula is C16H24N6. The molecule has 3 rings (SSSR count). The Morgan fingerprint density at radius 1 is 1.23 bits per heavy atom. The fraction of sp³-hybridized carbons (Fsp3) is 0.562. The van der Waals surface area contributed by atoms with Crippen LogP contribution in [0.4, 0.5) is 5.82 Å². The first-order chi connectivity index (χ1) is 10.6. The molecule has 2 aromatic heterocycles. The molecule has 0 amide bonds. The van der Waals surface area contributed by atoms with Crippen molar-refractivity contribution in [3.05, 3.63) is 36.3 Å². The normalized spacial score (nSPS) is 16.9. The van der Waals surface area contributed by atoms with Crippen LogP contribution in [-0.4, -0.2) is 50.6 Å². The van der Waals surface area contributed by atoms with E-state index in [-0.39, 0.29) is 0 Å². The first-order valence-corrected chi connectivity index (χ1v) is 7.82. The zero-order valence-corrected chi connectivity index (χ0v) is 13.6. The first-order valence-electron chi connectivity index (χ1n) is 7.82. The lowest BCUT2D eigenvalue weighted by atomic mass is 10.0. The smallest absolute Gasteiger partial charge is 0.132 e. The third kappa shape index (κ3) is 3.44. The highest BCUT2D eigenvalue weighted by atomic mass is 15.2. The summed E-state index contributed by atoms with van der Waals surface area (Å²) in [5.74, 6) is 1.02. The van der Waals surface area contributed by atoms with Gasteiger partial charge in [0.1, 0.15) is 12.1 Å². The quantitative estimate of drug-likeness (QED) is 0.859. The molecule has 0 aliphatic carbocycles. The Bertz CT molecular complexity index is 615. The highest BCUT2D eigenvalue weighted by Crippen LogP contribution is 2.21. The summed E-state index contributed by atoms with van der Waals surface area (Å²) in [5, 5.41) is 0. The minimum Gasteiger partial charge on any atom is -0.356 e. The van der Waals surface area contributed by atoms with Gasteiger partial charge in [0.05, 0.1) is 12.0 Å². The van der Waals surface area contributed by atoms with Gasteiger partial charge in [-0.2, -0.15) is 0 Å². The summed E-state index contributed by atoms with van der Waals surface area (Å²) < 4.78 is 2.01. The van der Waals surface area contributed by atoms with Crippen molar-refractivity contribution in [3.63, 3.8) is 0 Å².